The number of rotatable bonds is 4. The molecule has 1 unspecified atom stereocenters. The summed E-state index contributed by atoms with van der Waals surface area (Å²) in [6, 6.07) is -0.206. The minimum atomic E-state index is -0.206. The highest BCUT2D eigenvalue weighted by molar-refractivity contribution is 5.40. The summed E-state index contributed by atoms with van der Waals surface area (Å²) in [4.78, 5) is 3.17. The minimum absolute atomic E-state index is 0.00385. The van der Waals surface area contributed by atoms with Crippen molar-refractivity contribution in [2.75, 3.05) is 6.61 Å². The molecular formula is C12H18N2O. The van der Waals surface area contributed by atoms with Crippen molar-refractivity contribution < 1.29 is 5.11 Å². The number of aliphatic hydroxyl groups is 1. The van der Waals surface area contributed by atoms with E-state index in [9.17, 15) is 0 Å². The van der Waals surface area contributed by atoms with Crippen LogP contribution in [-0.2, 0) is 6.42 Å². The highest BCUT2D eigenvalue weighted by Crippen LogP contribution is 1.92. The third-order valence-electron chi connectivity index (χ3n) is 2.33. The van der Waals surface area contributed by atoms with Crippen LogP contribution in [0.4, 0.5) is 0 Å². The molecule has 82 valence electrons. The van der Waals surface area contributed by atoms with E-state index < -0.39 is 0 Å². The maximum absolute atomic E-state index is 8.91. The lowest BCUT2D eigenvalue weighted by Gasteiger charge is -2.05. The first-order valence-electron chi connectivity index (χ1n) is 5.04. The molecule has 1 aromatic heterocycles. The Morgan fingerprint density at radius 3 is 2.93 bits per heavy atom. The fraction of sp³-hybridized carbons (Fsp3) is 0.333. The van der Waals surface area contributed by atoms with E-state index in [1.165, 1.54) is 0 Å². The topological polar surface area (TPSA) is 62.0 Å². The molecule has 0 saturated carbocycles. The molecule has 1 aromatic rings. The summed E-state index contributed by atoms with van der Waals surface area (Å²) < 4.78 is 0. The molecule has 0 fully saturated rings. The molecule has 0 bridgehead atoms. The molecular weight excluding hydrogens is 188 g/mol. The Morgan fingerprint density at radius 2 is 2.40 bits per heavy atom. The Morgan fingerprint density at radius 1 is 1.67 bits per heavy atom. The third-order valence-corrected chi connectivity index (χ3v) is 2.33. The molecule has 1 rings (SSSR count). The predicted octanol–water partition coefficient (Wildman–Crippen LogP) is -0.356. The fourth-order valence-electron chi connectivity index (χ4n) is 1.56. The highest BCUT2D eigenvalue weighted by atomic mass is 16.3. The van der Waals surface area contributed by atoms with Crippen molar-refractivity contribution in [1.82, 2.24) is 4.98 Å². The van der Waals surface area contributed by atoms with Crippen molar-refractivity contribution in [2.45, 2.75) is 19.4 Å². The third kappa shape index (κ3) is 2.81. The standard InChI is InChI=1S/C12H18N2O/c1-3-5-11-9(6-10(13)8-15)7-14-12(11)4-2/h3-5,7,10,14-15H,1,6,8,13H2,2H3/b11-5-,12-4+. The van der Waals surface area contributed by atoms with Gasteiger partial charge in [-0.2, -0.15) is 0 Å². The zero-order valence-corrected chi connectivity index (χ0v) is 9.03. The van der Waals surface area contributed by atoms with Gasteiger partial charge in [-0.1, -0.05) is 24.8 Å². The first-order valence-corrected chi connectivity index (χ1v) is 5.04. The van der Waals surface area contributed by atoms with Gasteiger partial charge in [-0.3, -0.25) is 0 Å². The van der Waals surface area contributed by atoms with Crippen molar-refractivity contribution in [2.24, 2.45) is 5.73 Å². The molecule has 3 nitrogen and oxygen atoms in total. The SMILES string of the molecule is C=C/C=c1/c(CC(N)CO)c[nH]/c1=C/C. The second kappa shape index (κ2) is 5.53. The number of hydrogen-bond acceptors (Lipinski definition) is 2. The van der Waals surface area contributed by atoms with Crippen LogP contribution in [0, 0.1) is 0 Å². The molecule has 0 aliphatic rings. The Hall–Kier alpha value is -1.32. The summed E-state index contributed by atoms with van der Waals surface area (Å²) >= 11 is 0. The van der Waals surface area contributed by atoms with E-state index in [0.717, 1.165) is 16.1 Å². The van der Waals surface area contributed by atoms with E-state index in [4.69, 9.17) is 10.8 Å². The summed E-state index contributed by atoms with van der Waals surface area (Å²) in [7, 11) is 0. The van der Waals surface area contributed by atoms with Gasteiger partial charge in [-0.15, -0.1) is 0 Å². The van der Waals surface area contributed by atoms with Crippen molar-refractivity contribution in [1.29, 1.82) is 0 Å². The van der Waals surface area contributed by atoms with Crippen LogP contribution in [0.1, 0.15) is 12.5 Å². The Balaban J connectivity index is 3.15. The summed E-state index contributed by atoms with van der Waals surface area (Å²) in [5.41, 5.74) is 6.82. The van der Waals surface area contributed by atoms with Gasteiger partial charge in [0, 0.05) is 22.8 Å². The van der Waals surface area contributed by atoms with Gasteiger partial charge in [0.15, 0.2) is 0 Å². The summed E-state index contributed by atoms with van der Waals surface area (Å²) in [6.07, 6.45) is 8.30. The van der Waals surface area contributed by atoms with E-state index in [-0.39, 0.29) is 12.6 Å². The molecule has 0 aliphatic carbocycles. The smallest absolute Gasteiger partial charge is 0.0585 e. The zero-order valence-electron chi connectivity index (χ0n) is 9.03. The van der Waals surface area contributed by atoms with Gasteiger partial charge >= 0.3 is 0 Å². The molecule has 15 heavy (non-hydrogen) atoms. The van der Waals surface area contributed by atoms with Crippen LogP contribution >= 0.6 is 0 Å². The molecule has 3 heteroatoms. The maximum Gasteiger partial charge on any atom is 0.0585 e. The maximum atomic E-state index is 8.91. The van der Waals surface area contributed by atoms with Gasteiger partial charge in [0.25, 0.3) is 0 Å². The molecule has 0 aliphatic heterocycles. The van der Waals surface area contributed by atoms with Crippen LogP contribution in [0.25, 0.3) is 12.2 Å². The van der Waals surface area contributed by atoms with Crippen LogP contribution in [0.3, 0.4) is 0 Å². The Labute approximate surface area is 89.6 Å². The van der Waals surface area contributed by atoms with Gasteiger partial charge in [-0.25, -0.2) is 0 Å². The van der Waals surface area contributed by atoms with Crippen molar-refractivity contribution >= 4 is 12.2 Å². The molecule has 0 spiro atoms. The van der Waals surface area contributed by atoms with Crippen LogP contribution < -0.4 is 16.3 Å². The second-order valence-corrected chi connectivity index (χ2v) is 3.48. The number of allylic oxidation sites excluding steroid dienone is 1. The number of nitrogens with one attached hydrogen (secondary N) is 1. The lowest BCUT2D eigenvalue weighted by Crippen LogP contribution is -2.31. The number of nitrogens with two attached hydrogens (primary N) is 1. The molecule has 0 aromatic carbocycles. The average Bonchev–Trinajstić information content (AvgIpc) is 2.61. The number of aromatic nitrogens is 1. The lowest BCUT2D eigenvalue weighted by molar-refractivity contribution is 0.265. The molecule has 1 heterocycles. The van der Waals surface area contributed by atoms with Gasteiger partial charge < -0.3 is 15.8 Å². The number of H-pyrrole nitrogens is 1. The fourth-order valence-corrected chi connectivity index (χ4v) is 1.56. The molecule has 0 saturated heterocycles. The van der Waals surface area contributed by atoms with Crippen LogP contribution in [-0.4, -0.2) is 22.7 Å². The quantitative estimate of drug-likeness (QED) is 0.630. The first kappa shape index (κ1) is 11.8. The summed E-state index contributed by atoms with van der Waals surface area (Å²) in [6.45, 7) is 5.67. The van der Waals surface area contributed by atoms with Crippen molar-refractivity contribution in [3.05, 3.63) is 35.0 Å². The van der Waals surface area contributed by atoms with E-state index in [2.05, 4.69) is 11.6 Å². The molecule has 1 atom stereocenters. The zero-order chi connectivity index (χ0) is 11.3. The number of hydrogen-bond donors (Lipinski definition) is 3. The van der Waals surface area contributed by atoms with Gasteiger partial charge in [0.2, 0.25) is 0 Å². The van der Waals surface area contributed by atoms with Crippen LogP contribution in [0.15, 0.2) is 18.9 Å². The number of aliphatic hydroxyl groups excluding tert-OH is 1. The summed E-state index contributed by atoms with van der Waals surface area (Å²) in [5, 5.41) is 11.1. The van der Waals surface area contributed by atoms with Crippen LogP contribution in [0.5, 0.6) is 0 Å². The van der Waals surface area contributed by atoms with Gasteiger partial charge in [0.05, 0.1) is 6.61 Å². The van der Waals surface area contributed by atoms with E-state index in [0.29, 0.717) is 6.42 Å². The normalized spacial score (nSPS) is 15.7. The van der Waals surface area contributed by atoms with E-state index in [1.54, 1.807) is 6.08 Å². The highest BCUT2D eigenvalue weighted by Gasteiger charge is 2.04. The van der Waals surface area contributed by atoms with E-state index >= 15 is 0 Å². The molecule has 0 amide bonds. The molecule has 4 N–H and O–H groups in total. The van der Waals surface area contributed by atoms with Crippen molar-refractivity contribution in [3.8, 4) is 0 Å². The Kier molecular flexibility index (Phi) is 4.34. The number of aromatic amines is 1. The van der Waals surface area contributed by atoms with Crippen molar-refractivity contribution in [3.63, 3.8) is 0 Å². The Bertz CT molecular complexity index is 431. The van der Waals surface area contributed by atoms with Gasteiger partial charge in [-0.05, 0) is 18.9 Å². The largest absolute Gasteiger partial charge is 0.395 e. The predicted molar refractivity (Wildman–Crippen MR) is 63.6 cm³/mol. The first-order chi connectivity index (χ1) is 7.22. The lowest BCUT2D eigenvalue weighted by atomic mass is 10.1. The minimum Gasteiger partial charge on any atom is -0.395 e. The van der Waals surface area contributed by atoms with Gasteiger partial charge in [0.1, 0.15) is 0 Å². The van der Waals surface area contributed by atoms with Crippen LogP contribution in [0.2, 0.25) is 0 Å². The second-order valence-electron chi connectivity index (χ2n) is 3.48. The monoisotopic (exact) mass is 206 g/mol. The van der Waals surface area contributed by atoms with E-state index in [1.807, 2.05) is 25.3 Å². The molecule has 0 radical (unpaired) electrons. The summed E-state index contributed by atoms with van der Waals surface area (Å²) in [5.74, 6) is 0. The average molecular weight is 206 g/mol.